The van der Waals surface area contributed by atoms with Crippen LogP contribution in [0.4, 0.5) is 0 Å². The van der Waals surface area contributed by atoms with Crippen LogP contribution in [0.1, 0.15) is 12.1 Å². The lowest BCUT2D eigenvalue weighted by atomic mass is 10.1. The van der Waals surface area contributed by atoms with Crippen molar-refractivity contribution in [2.45, 2.75) is 13.0 Å². The van der Waals surface area contributed by atoms with Gasteiger partial charge in [-0.05, 0) is 12.5 Å². The van der Waals surface area contributed by atoms with Gasteiger partial charge in [0.05, 0.1) is 19.3 Å². The molecular weight excluding hydrogens is 220 g/mol. The average molecular weight is 238 g/mol. The highest BCUT2D eigenvalue weighted by atomic mass is 16.5. The minimum absolute atomic E-state index is 0.157. The highest BCUT2D eigenvalue weighted by Gasteiger charge is 2.29. The molecule has 1 saturated heterocycles. The second-order valence-corrected chi connectivity index (χ2v) is 4.38. The van der Waals surface area contributed by atoms with Gasteiger partial charge >= 0.3 is 0 Å². The van der Waals surface area contributed by atoms with Crippen LogP contribution in [0.25, 0.3) is 0 Å². The molecule has 2 N–H and O–H groups in total. The number of methoxy groups -OCH3 is 1. The van der Waals surface area contributed by atoms with Crippen LogP contribution in [0.5, 0.6) is 5.88 Å². The number of nitrogens with two attached hydrogens (primary N) is 1. The molecule has 1 aromatic heterocycles. The molecule has 0 spiro atoms. The van der Waals surface area contributed by atoms with Crippen LogP contribution in [0.3, 0.4) is 0 Å². The number of rotatable bonds is 4. The van der Waals surface area contributed by atoms with Gasteiger partial charge in [0.2, 0.25) is 11.8 Å². The Labute approximate surface area is 100 Å². The van der Waals surface area contributed by atoms with Gasteiger partial charge in [-0.3, -0.25) is 4.79 Å². The minimum Gasteiger partial charge on any atom is -0.481 e. The quantitative estimate of drug-likeness (QED) is 0.784. The summed E-state index contributed by atoms with van der Waals surface area (Å²) >= 11 is 0. The third-order valence-corrected chi connectivity index (χ3v) is 3.08. The normalized spacial score (nSPS) is 20.1. The Balaban J connectivity index is 2.03. The Bertz CT molecular complexity index is 416. The monoisotopic (exact) mass is 238 g/mol. The van der Waals surface area contributed by atoms with Gasteiger partial charge < -0.3 is 15.4 Å². The lowest BCUT2D eigenvalue weighted by molar-refractivity contribution is -0.128. The van der Waals surface area contributed by atoms with E-state index >= 15 is 0 Å². The maximum absolute atomic E-state index is 11.7. The summed E-state index contributed by atoms with van der Waals surface area (Å²) in [5.41, 5.74) is 6.43. The predicted molar refractivity (Wildman–Crippen MR) is 62.3 cm³/mol. The first-order valence-corrected chi connectivity index (χ1v) is 5.68. The summed E-state index contributed by atoms with van der Waals surface area (Å²) in [6.07, 6.45) is 0.556. The Kier molecular flexibility index (Phi) is 3.33. The maximum atomic E-state index is 11.7. The number of nitrogens with zero attached hydrogens (tertiary/aromatic N) is 3. The molecule has 6 heteroatoms. The van der Waals surface area contributed by atoms with Gasteiger partial charge in [0.15, 0.2) is 0 Å². The zero-order valence-electron chi connectivity index (χ0n) is 10.2. The van der Waals surface area contributed by atoms with Crippen molar-refractivity contribution in [2.75, 3.05) is 20.2 Å². The number of likely N-dealkylation sites (tertiary alicyclic amines) is 1. The molecule has 1 atom stereocenters. The van der Waals surface area contributed by atoms with Crippen LogP contribution in [-0.2, 0) is 18.4 Å². The standard InChI is InChI=1S/C11H18N4O2/c1-14-11(17-2)4-9(13-14)7-15-6-8(5-12)3-10(15)16/h4,8H,3,5-7,12H2,1-2H3. The summed E-state index contributed by atoms with van der Waals surface area (Å²) in [6.45, 7) is 1.83. The van der Waals surface area contributed by atoms with E-state index in [1.807, 2.05) is 13.1 Å². The van der Waals surface area contributed by atoms with Gasteiger partial charge in [-0.15, -0.1) is 0 Å². The van der Waals surface area contributed by atoms with Crippen molar-refractivity contribution in [1.29, 1.82) is 0 Å². The van der Waals surface area contributed by atoms with E-state index in [2.05, 4.69) is 5.10 Å². The molecule has 0 aliphatic carbocycles. The summed E-state index contributed by atoms with van der Waals surface area (Å²) in [5, 5.41) is 4.30. The van der Waals surface area contributed by atoms with Crippen LogP contribution in [0.15, 0.2) is 6.07 Å². The summed E-state index contributed by atoms with van der Waals surface area (Å²) in [7, 11) is 3.42. The smallest absolute Gasteiger partial charge is 0.223 e. The van der Waals surface area contributed by atoms with Crippen molar-refractivity contribution < 1.29 is 9.53 Å². The van der Waals surface area contributed by atoms with Crippen LogP contribution >= 0.6 is 0 Å². The van der Waals surface area contributed by atoms with E-state index in [4.69, 9.17) is 10.5 Å². The molecule has 1 fully saturated rings. The Morgan fingerprint density at radius 1 is 1.65 bits per heavy atom. The van der Waals surface area contributed by atoms with Gasteiger partial charge in [-0.2, -0.15) is 5.10 Å². The van der Waals surface area contributed by atoms with Crippen molar-refractivity contribution in [2.24, 2.45) is 18.7 Å². The number of hydrogen-bond donors (Lipinski definition) is 1. The first-order chi connectivity index (χ1) is 8.13. The van der Waals surface area contributed by atoms with E-state index < -0.39 is 0 Å². The molecule has 2 rings (SSSR count). The molecule has 0 aromatic carbocycles. The lowest BCUT2D eigenvalue weighted by Gasteiger charge is -2.14. The number of ether oxygens (including phenoxy) is 1. The predicted octanol–water partition coefficient (Wildman–Crippen LogP) is -0.264. The van der Waals surface area contributed by atoms with E-state index in [1.54, 1.807) is 16.7 Å². The number of amides is 1. The number of carbonyl (C=O) groups is 1. The molecule has 0 saturated carbocycles. The molecule has 1 aromatic rings. The fraction of sp³-hybridized carbons (Fsp3) is 0.636. The molecular formula is C11H18N4O2. The van der Waals surface area contributed by atoms with Gasteiger partial charge in [-0.25, -0.2) is 4.68 Å². The molecule has 1 unspecified atom stereocenters. The maximum Gasteiger partial charge on any atom is 0.223 e. The third kappa shape index (κ3) is 2.41. The molecule has 0 bridgehead atoms. The largest absolute Gasteiger partial charge is 0.481 e. The summed E-state index contributed by atoms with van der Waals surface area (Å²) in [5.74, 6) is 1.14. The van der Waals surface area contributed by atoms with Crippen LogP contribution < -0.4 is 10.5 Å². The molecule has 17 heavy (non-hydrogen) atoms. The third-order valence-electron chi connectivity index (χ3n) is 3.08. The minimum atomic E-state index is 0.157. The first-order valence-electron chi connectivity index (χ1n) is 5.68. The van der Waals surface area contributed by atoms with Crippen LogP contribution in [0.2, 0.25) is 0 Å². The van der Waals surface area contributed by atoms with Gasteiger partial charge in [0, 0.05) is 26.1 Å². The molecule has 6 nitrogen and oxygen atoms in total. The number of carbonyl (C=O) groups excluding carboxylic acids is 1. The lowest BCUT2D eigenvalue weighted by Crippen LogP contribution is -2.26. The van der Waals surface area contributed by atoms with Crippen molar-refractivity contribution >= 4 is 5.91 Å². The highest BCUT2D eigenvalue weighted by Crippen LogP contribution is 2.20. The first kappa shape index (κ1) is 11.9. The number of hydrogen-bond acceptors (Lipinski definition) is 4. The van der Waals surface area contributed by atoms with Crippen LogP contribution in [0, 0.1) is 5.92 Å². The van der Waals surface area contributed by atoms with E-state index in [0.717, 1.165) is 12.2 Å². The van der Waals surface area contributed by atoms with E-state index in [0.29, 0.717) is 25.4 Å². The molecule has 94 valence electrons. The van der Waals surface area contributed by atoms with Gasteiger partial charge in [0.1, 0.15) is 0 Å². The van der Waals surface area contributed by atoms with Crippen molar-refractivity contribution in [3.05, 3.63) is 11.8 Å². The highest BCUT2D eigenvalue weighted by molar-refractivity contribution is 5.78. The van der Waals surface area contributed by atoms with E-state index in [-0.39, 0.29) is 11.8 Å². The Morgan fingerprint density at radius 2 is 2.41 bits per heavy atom. The van der Waals surface area contributed by atoms with Crippen molar-refractivity contribution in [1.82, 2.24) is 14.7 Å². The molecule has 1 amide bonds. The molecule has 2 heterocycles. The Hall–Kier alpha value is -1.56. The number of aryl methyl sites for hydroxylation is 1. The Morgan fingerprint density at radius 3 is 2.94 bits per heavy atom. The SMILES string of the molecule is COc1cc(CN2CC(CN)CC2=O)nn1C. The zero-order chi connectivity index (χ0) is 12.4. The second kappa shape index (κ2) is 4.75. The number of aromatic nitrogens is 2. The fourth-order valence-corrected chi connectivity index (χ4v) is 2.14. The topological polar surface area (TPSA) is 73.4 Å². The summed E-state index contributed by atoms with van der Waals surface area (Å²) < 4.78 is 6.80. The molecule has 0 radical (unpaired) electrons. The van der Waals surface area contributed by atoms with Crippen molar-refractivity contribution in [3.63, 3.8) is 0 Å². The van der Waals surface area contributed by atoms with E-state index in [9.17, 15) is 4.79 Å². The van der Waals surface area contributed by atoms with Crippen LogP contribution in [-0.4, -0.2) is 40.8 Å². The zero-order valence-corrected chi connectivity index (χ0v) is 10.2. The van der Waals surface area contributed by atoms with Crippen molar-refractivity contribution in [3.8, 4) is 5.88 Å². The van der Waals surface area contributed by atoms with Gasteiger partial charge in [-0.1, -0.05) is 0 Å². The summed E-state index contributed by atoms with van der Waals surface area (Å²) in [4.78, 5) is 13.5. The summed E-state index contributed by atoms with van der Waals surface area (Å²) in [6, 6.07) is 1.85. The van der Waals surface area contributed by atoms with E-state index in [1.165, 1.54) is 0 Å². The fourth-order valence-electron chi connectivity index (χ4n) is 2.14. The average Bonchev–Trinajstić information content (AvgIpc) is 2.83. The molecule has 1 aliphatic rings. The second-order valence-electron chi connectivity index (χ2n) is 4.38. The van der Waals surface area contributed by atoms with Gasteiger partial charge in [0.25, 0.3) is 0 Å². The molecule has 1 aliphatic heterocycles.